The predicted molar refractivity (Wildman–Crippen MR) is 71.6 cm³/mol. The quantitative estimate of drug-likeness (QED) is 0.876. The molecule has 0 radical (unpaired) electrons. The monoisotopic (exact) mass is 327 g/mol. The Balaban J connectivity index is 2.54. The molecular formula is C13H12BrF2N3. The molecule has 0 saturated heterocycles. The molecule has 100 valence electrons. The molecular weight excluding hydrogens is 316 g/mol. The third-order valence-corrected chi connectivity index (χ3v) is 3.30. The standard InChI is InChI=1S/C13H12BrF2N3/c1-2-19-13(8-5-17-7-18-6-8)11-10(15)4-3-9(14)12(11)16/h3-7,13,19H,2H2,1H3. The molecule has 1 aromatic heterocycles. The summed E-state index contributed by atoms with van der Waals surface area (Å²) in [6.45, 7) is 2.43. The van der Waals surface area contributed by atoms with Gasteiger partial charge in [0.05, 0.1) is 10.5 Å². The highest BCUT2D eigenvalue weighted by Gasteiger charge is 2.23. The van der Waals surface area contributed by atoms with E-state index in [-0.39, 0.29) is 10.0 Å². The Kier molecular flexibility index (Phi) is 4.55. The number of nitrogens with zero attached hydrogens (tertiary/aromatic N) is 2. The predicted octanol–water partition coefficient (Wildman–Crippen LogP) is 3.22. The molecule has 0 bridgehead atoms. The van der Waals surface area contributed by atoms with Crippen LogP contribution in [0.3, 0.4) is 0 Å². The number of nitrogens with one attached hydrogen (secondary N) is 1. The first-order valence-electron chi connectivity index (χ1n) is 5.76. The average Bonchev–Trinajstić information content (AvgIpc) is 2.43. The van der Waals surface area contributed by atoms with Gasteiger partial charge in [0.2, 0.25) is 0 Å². The number of halogens is 3. The minimum absolute atomic E-state index is 0.0361. The number of benzene rings is 1. The first kappa shape index (κ1) is 14.0. The molecule has 0 fully saturated rings. The molecule has 1 heterocycles. The van der Waals surface area contributed by atoms with Crippen molar-refractivity contribution < 1.29 is 8.78 Å². The molecule has 6 heteroatoms. The summed E-state index contributed by atoms with van der Waals surface area (Å²) in [5, 5.41) is 3.04. The van der Waals surface area contributed by atoms with Crippen molar-refractivity contribution in [3.63, 3.8) is 0 Å². The van der Waals surface area contributed by atoms with E-state index in [1.807, 2.05) is 6.92 Å². The van der Waals surface area contributed by atoms with Gasteiger partial charge in [-0.25, -0.2) is 18.7 Å². The first-order valence-corrected chi connectivity index (χ1v) is 6.56. The highest BCUT2D eigenvalue weighted by atomic mass is 79.9. The van der Waals surface area contributed by atoms with Crippen molar-refractivity contribution >= 4 is 15.9 Å². The minimum Gasteiger partial charge on any atom is -0.306 e. The van der Waals surface area contributed by atoms with Crippen LogP contribution in [0.15, 0.2) is 35.3 Å². The topological polar surface area (TPSA) is 37.8 Å². The molecule has 1 unspecified atom stereocenters. The largest absolute Gasteiger partial charge is 0.306 e. The van der Waals surface area contributed by atoms with Crippen molar-refractivity contribution in [3.8, 4) is 0 Å². The van der Waals surface area contributed by atoms with E-state index in [1.165, 1.54) is 18.5 Å². The first-order chi connectivity index (χ1) is 9.15. The fraction of sp³-hybridized carbons (Fsp3) is 0.231. The van der Waals surface area contributed by atoms with Crippen LogP contribution in [-0.4, -0.2) is 16.5 Å². The van der Waals surface area contributed by atoms with Crippen LogP contribution >= 0.6 is 15.9 Å². The molecule has 0 spiro atoms. The summed E-state index contributed by atoms with van der Waals surface area (Å²) in [7, 11) is 0. The van der Waals surface area contributed by atoms with E-state index in [2.05, 4.69) is 31.2 Å². The summed E-state index contributed by atoms with van der Waals surface area (Å²) in [4.78, 5) is 7.77. The van der Waals surface area contributed by atoms with Gasteiger partial charge in [0, 0.05) is 23.5 Å². The maximum atomic E-state index is 14.2. The van der Waals surface area contributed by atoms with Gasteiger partial charge >= 0.3 is 0 Å². The zero-order valence-electron chi connectivity index (χ0n) is 10.2. The fourth-order valence-corrected chi connectivity index (χ4v) is 2.20. The summed E-state index contributed by atoms with van der Waals surface area (Å²) in [6, 6.07) is 1.96. The van der Waals surface area contributed by atoms with Gasteiger partial charge in [0.1, 0.15) is 18.0 Å². The summed E-state index contributed by atoms with van der Waals surface area (Å²) in [5.74, 6) is -1.22. The van der Waals surface area contributed by atoms with E-state index in [1.54, 1.807) is 12.4 Å². The van der Waals surface area contributed by atoms with Crippen molar-refractivity contribution in [2.75, 3.05) is 6.54 Å². The zero-order chi connectivity index (χ0) is 13.8. The lowest BCUT2D eigenvalue weighted by Gasteiger charge is -2.19. The van der Waals surface area contributed by atoms with E-state index in [4.69, 9.17) is 0 Å². The maximum absolute atomic E-state index is 14.2. The molecule has 19 heavy (non-hydrogen) atoms. The van der Waals surface area contributed by atoms with Crippen molar-refractivity contribution in [3.05, 3.63) is 58.1 Å². The summed E-state index contributed by atoms with van der Waals surface area (Å²) < 4.78 is 28.3. The fourth-order valence-electron chi connectivity index (χ4n) is 1.86. The van der Waals surface area contributed by atoms with Gasteiger partial charge in [-0.2, -0.15) is 0 Å². The van der Waals surface area contributed by atoms with Crippen molar-refractivity contribution in [1.29, 1.82) is 0 Å². The molecule has 1 N–H and O–H groups in total. The lowest BCUT2D eigenvalue weighted by Crippen LogP contribution is -2.24. The minimum atomic E-state index is -0.622. The Bertz CT molecular complexity index is 563. The number of hydrogen-bond acceptors (Lipinski definition) is 3. The maximum Gasteiger partial charge on any atom is 0.145 e. The molecule has 2 rings (SSSR count). The lowest BCUT2D eigenvalue weighted by atomic mass is 10.00. The molecule has 0 aliphatic carbocycles. The average molecular weight is 328 g/mol. The highest BCUT2D eigenvalue weighted by molar-refractivity contribution is 9.10. The van der Waals surface area contributed by atoms with Crippen LogP contribution in [0.1, 0.15) is 24.1 Å². The second kappa shape index (κ2) is 6.16. The van der Waals surface area contributed by atoms with Gasteiger partial charge in [-0.05, 0) is 34.6 Å². The van der Waals surface area contributed by atoms with Crippen molar-refractivity contribution in [2.24, 2.45) is 0 Å². The van der Waals surface area contributed by atoms with Crippen LogP contribution in [0.5, 0.6) is 0 Å². The van der Waals surface area contributed by atoms with Crippen LogP contribution in [0, 0.1) is 11.6 Å². The molecule has 1 aromatic carbocycles. The van der Waals surface area contributed by atoms with Gasteiger partial charge in [-0.1, -0.05) is 6.92 Å². The Morgan fingerprint density at radius 1 is 1.26 bits per heavy atom. The normalized spacial score (nSPS) is 12.4. The number of rotatable bonds is 4. The summed E-state index contributed by atoms with van der Waals surface area (Å²) in [6.07, 6.45) is 4.46. The summed E-state index contributed by atoms with van der Waals surface area (Å²) in [5.41, 5.74) is 0.575. The second-order valence-electron chi connectivity index (χ2n) is 3.92. The molecule has 0 saturated carbocycles. The van der Waals surface area contributed by atoms with Crippen LogP contribution in [0.25, 0.3) is 0 Å². The van der Waals surface area contributed by atoms with E-state index < -0.39 is 17.7 Å². The molecule has 3 nitrogen and oxygen atoms in total. The molecule has 0 aliphatic heterocycles. The van der Waals surface area contributed by atoms with Gasteiger partial charge < -0.3 is 5.32 Å². The molecule has 0 aliphatic rings. The van der Waals surface area contributed by atoms with E-state index in [0.29, 0.717) is 12.1 Å². The van der Waals surface area contributed by atoms with Gasteiger partial charge in [0.25, 0.3) is 0 Å². The van der Waals surface area contributed by atoms with Crippen LogP contribution in [0.2, 0.25) is 0 Å². The molecule has 2 aromatic rings. The van der Waals surface area contributed by atoms with E-state index >= 15 is 0 Å². The van der Waals surface area contributed by atoms with Gasteiger partial charge in [-0.3, -0.25) is 0 Å². The third kappa shape index (κ3) is 2.96. The Morgan fingerprint density at radius 2 is 1.95 bits per heavy atom. The zero-order valence-corrected chi connectivity index (χ0v) is 11.8. The smallest absolute Gasteiger partial charge is 0.145 e. The van der Waals surface area contributed by atoms with Crippen molar-refractivity contribution in [2.45, 2.75) is 13.0 Å². The van der Waals surface area contributed by atoms with E-state index in [0.717, 1.165) is 0 Å². The number of hydrogen-bond donors (Lipinski definition) is 1. The second-order valence-corrected chi connectivity index (χ2v) is 4.77. The van der Waals surface area contributed by atoms with Gasteiger partial charge in [0.15, 0.2) is 0 Å². The van der Waals surface area contributed by atoms with Gasteiger partial charge in [-0.15, -0.1) is 0 Å². The SMILES string of the molecule is CCNC(c1cncnc1)c1c(F)ccc(Br)c1F. The van der Waals surface area contributed by atoms with Crippen LogP contribution in [-0.2, 0) is 0 Å². The number of aromatic nitrogens is 2. The lowest BCUT2D eigenvalue weighted by molar-refractivity contribution is 0.506. The third-order valence-electron chi connectivity index (χ3n) is 2.69. The van der Waals surface area contributed by atoms with E-state index in [9.17, 15) is 8.78 Å². The Labute approximate surface area is 118 Å². The Hall–Kier alpha value is -1.40. The molecule has 1 atom stereocenters. The van der Waals surface area contributed by atoms with Crippen LogP contribution < -0.4 is 5.32 Å². The van der Waals surface area contributed by atoms with Crippen LogP contribution in [0.4, 0.5) is 8.78 Å². The highest BCUT2D eigenvalue weighted by Crippen LogP contribution is 2.30. The van der Waals surface area contributed by atoms with Crippen molar-refractivity contribution in [1.82, 2.24) is 15.3 Å². The molecule has 0 amide bonds. The summed E-state index contributed by atoms with van der Waals surface area (Å²) >= 11 is 3.07. The Morgan fingerprint density at radius 3 is 2.58 bits per heavy atom.